The van der Waals surface area contributed by atoms with Crippen LogP contribution >= 0.6 is 0 Å². The number of hydrogen-bond acceptors (Lipinski definition) is 3. The van der Waals surface area contributed by atoms with Gasteiger partial charge in [0.2, 0.25) is 0 Å². The van der Waals surface area contributed by atoms with Crippen LogP contribution in [0.2, 0.25) is 0 Å². The summed E-state index contributed by atoms with van der Waals surface area (Å²) in [5.74, 6) is -0.156. The predicted molar refractivity (Wildman–Crippen MR) is 78.6 cm³/mol. The average Bonchev–Trinajstić information content (AvgIpc) is 2.39. The van der Waals surface area contributed by atoms with Crippen molar-refractivity contribution in [3.63, 3.8) is 0 Å². The molecular weight excluding hydrogens is 256 g/mol. The van der Waals surface area contributed by atoms with Gasteiger partial charge in [0.1, 0.15) is 6.04 Å². The highest BCUT2D eigenvalue weighted by molar-refractivity contribution is 5.93. The summed E-state index contributed by atoms with van der Waals surface area (Å²) in [5.41, 5.74) is 1.68. The standard InChI is InChI=1S/C15H22N2O3/c1-10(2)9-13(14(18)20-4)17-15(19)16-12-8-6-5-7-11(12)3/h5-8,10,13H,9H2,1-4H3,(H2,16,17,19). The number of esters is 1. The highest BCUT2D eigenvalue weighted by atomic mass is 16.5. The van der Waals surface area contributed by atoms with Gasteiger partial charge in [0, 0.05) is 5.69 Å². The largest absolute Gasteiger partial charge is 0.467 e. The number of carbonyl (C=O) groups is 2. The number of anilines is 1. The van der Waals surface area contributed by atoms with Crippen LogP contribution in [0, 0.1) is 12.8 Å². The molecule has 0 heterocycles. The van der Waals surface area contributed by atoms with Crippen molar-refractivity contribution in [1.29, 1.82) is 0 Å². The van der Waals surface area contributed by atoms with Crippen molar-refractivity contribution in [2.75, 3.05) is 12.4 Å². The van der Waals surface area contributed by atoms with E-state index in [1.165, 1.54) is 7.11 Å². The molecule has 1 rings (SSSR count). The highest BCUT2D eigenvalue weighted by Gasteiger charge is 2.22. The summed E-state index contributed by atoms with van der Waals surface area (Å²) in [6, 6.07) is 6.41. The monoisotopic (exact) mass is 278 g/mol. The van der Waals surface area contributed by atoms with Crippen molar-refractivity contribution in [3.05, 3.63) is 29.8 Å². The summed E-state index contributed by atoms with van der Waals surface area (Å²) in [5, 5.41) is 5.39. The molecule has 0 bridgehead atoms. The molecule has 1 aromatic rings. The third-order valence-electron chi connectivity index (χ3n) is 2.89. The average molecular weight is 278 g/mol. The lowest BCUT2D eigenvalue weighted by atomic mass is 10.0. The minimum atomic E-state index is -0.635. The second-order valence-corrected chi connectivity index (χ2v) is 5.12. The van der Waals surface area contributed by atoms with E-state index in [1.54, 1.807) is 0 Å². The highest BCUT2D eigenvalue weighted by Crippen LogP contribution is 2.13. The van der Waals surface area contributed by atoms with E-state index < -0.39 is 18.0 Å². The van der Waals surface area contributed by atoms with Crippen molar-refractivity contribution >= 4 is 17.7 Å². The zero-order valence-electron chi connectivity index (χ0n) is 12.4. The van der Waals surface area contributed by atoms with Crippen LogP contribution in [0.15, 0.2) is 24.3 Å². The Morgan fingerprint density at radius 1 is 1.25 bits per heavy atom. The van der Waals surface area contributed by atoms with Crippen LogP contribution in [0.4, 0.5) is 10.5 Å². The van der Waals surface area contributed by atoms with Crippen LogP contribution < -0.4 is 10.6 Å². The maximum atomic E-state index is 11.9. The van der Waals surface area contributed by atoms with Gasteiger partial charge < -0.3 is 15.4 Å². The Labute approximate surface area is 119 Å². The first-order valence-corrected chi connectivity index (χ1v) is 6.65. The molecule has 1 aromatic carbocycles. The lowest BCUT2D eigenvalue weighted by Gasteiger charge is -2.19. The fraction of sp³-hybridized carbons (Fsp3) is 0.467. The number of rotatable bonds is 5. The quantitative estimate of drug-likeness (QED) is 0.814. The van der Waals surface area contributed by atoms with Crippen molar-refractivity contribution in [3.8, 4) is 0 Å². The van der Waals surface area contributed by atoms with Crippen LogP contribution in [0.25, 0.3) is 0 Å². The lowest BCUT2D eigenvalue weighted by molar-refractivity contribution is -0.143. The number of methoxy groups -OCH3 is 1. The van der Waals surface area contributed by atoms with Gasteiger partial charge in [-0.25, -0.2) is 9.59 Å². The van der Waals surface area contributed by atoms with Gasteiger partial charge in [-0.2, -0.15) is 0 Å². The molecule has 2 amide bonds. The Morgan fingerprint density at radius 2 is 1.90 bits per heavy atom. The summed E-state index contributed by atoms with van der Waals surface area (Å²) in [6.45, 7) is 5.87. The topological polar surface area (TPSA) is 67.4 Å². The van der Waals surface area contributed by atoms with Crippen molar-refractivity contribution < 1.29 is 14.3 Å². The number of ether oxygens (including phenoxy) is 1. The second kappa shape index (κ2) is 7.53. The molecule has 0 saturated heterocycles. The molecule has 1 unspecified atom stereocenters. The predicted octanol–water partition coefficient (Wildman–Crippen LogP) is 2.70. The minimum absolute atomic E-state index is 0.276. The molecule has 0 spiro atoms. The van der Waals surface area contributed by atoms with E-state index in [0.29, 0.717) is 6.42 Å². The summed E-state index contributed by atoms with van der Waals surface area (Å²) in [7, 11) is 1.32. The number of aryl methyl sites for hydroxylation is 1. The van der Waals surface area contributed by atoms with Gasteiger partial charge in [0.15, 0.2) is 0 Å². The van der Waals surface area contributed by atoms with Crippen molar-refractivity contribution in [1.82, 2.24) is 5.32 Å². The van der Waals surface area contributed by atoms with Gasteiger partial charge in [0.05, 0.1) is 7.11 Å². The molecule has 0 aliphatic heterocycles. The number of urea groups is 1. The molecule has 0 aliphatic carbocycles. The van der Waals surface area contributed by atoms with Crippen molar-refractivity contribution in [2.45, 2.75) is 33.2 Å². The van der Waals surface area contributed by atoms with Gasteiger partial charge in [-0.3, -0.25) is 0 Å². The van der Waals surface area contributed by atoms with Crippen LogP contribution in [-0.2, 0) is 9.53 Å². The van der Waals surface area contributed by atoms with Gasteiger partial charge in [-0.05, 0) is 30.9 Å². The smallest absolute Gasteiger partial charge is 0.328 e. The van der Waals surface area contributed by atoms with E-state index in [4.69, 9.17) is 4.74 Å². The molecule has 0 fully saturated rings. The van der Waals surface area contributed by atoms with Crippen LogP contribution in [0.1, 0.15) is 25.8 Å². The molecule has 0 aromatic heterocycles. The second-order valence-electron chi connectivity index (χ2n) is 5.12. The summed E-state index contributed by atoms with van der Waals surface area (Å²) in [4.78, 5) is 23.6. The molecule has 110 valence electrons. The van der Waals surface area contributed by atoms with Crippen LogP contribution in [-0.4, -0.2) is 25.2 Å². The summed E-state index contributed by atoms with van der Waals surface area (Å²) in [6.07, 6.45) is 0.536. The Hall–Kier alpha value is -2.04. The van der Waals surface area contributed by atoms with E-state index >= 15 is 0 Å². The lowest BCUT2D eigenvalue weighted by Crippen LogP contribution is -2.44. The number of hydrogen-bond donors (Lipinski definition) is 2. The maximum absolute atomic E-state index is 11.9. The molecule has 2 N–H and O–H groups in total. The Balaban J connectivity index is 2.66. The molecule has 0 saturated carbocycles. The molecule has 5 heteroatoms. The molecule has 20 heavy (non-hydrogen) atoms. The Bertz CT molecular complexity index is 472. The zero-order valence-corrected chi connectivity index (χ0v) is 12.4. The van der Waals surface area contributed by atoms with Gasteiger partial charge in [0.25, 0.3) is 0 Å². The third-order valence-corrected chi connectivity index (χ3v) is 2.89. The number of benzene rings is 1. The first-order chi connectivity index (χ1) is 9.43. The van der Waals surface area contributed by atoms with Gasteiger partial charge in [-0.1, -0.05) is 32.0 Å². The molecule has 1 atom stereocenters. The van der Waals surface area contributed by atoms with E-state index in [1.807, 2.05) is 45.0 Å². The fourth-order valence-corrected chi connectivity index (χ4v) is 1.86. The molecule has 5 nitrogen and oxygen atoms in total. The Morgan fingerprint density at radius 3 is 2.45 bits per heavy atom. The maximum Gasteiger partial charge on any atom is 0.328 e. The number of para-hydroxylation sites is 1. The van der Waals surface area contributed by atoms with E-state index in [0.717, 1.165) is 11.3 Å². The van der Waals surface area contributed by atoms with Crippen LogP contribution in [0.3, 0.4) is 0 Å². The first-order valence-electron chi connectivity index (χ1n) is 6.65. The number of carbonyl (C=O) groups excluding carboxylic acids is 2. The van der Waals surface area contributed by atoms with E-state index in [9.17, 15) is 9.59 Å². The SMILES string of the molecule is COC(=O)C(CC(C)C)NC(=O)Nc1ccccc1C. The molecular formula is C15H22N2O3. The van der Waals surface area contributed by atoms with Gasteiger partial charge in [-0.15, -0.1) is 0 Å². The van der Waals surface area contributed by atoms with Crippen LogP contribution in [0.5, 0.6) is 0 Å². The molecule has 0 radical (unpaired) electrons. The molecule has 0 aliphatic rings. The third kappa shape index (κ3) is 4.91. The van der Waals surface area contributed by atoms with Crippen molar-refractivity contribution in [2.24, 2.45) is 5.92 Å². The van der Waals surface area contributed by atoms with E-state index in [-0.39, 0.29) is 5.92 Å². The normalized spacial score (nSPS) is 11.8. The fourth-order valence-electron chi connectivity index (χ4n) is 1.86. The number of amides is 2. The van der Waals surface area contributed by atoms with E-state index in [2.05, 4.69) is 10.6 Å². The van der Waals surface area contributed by atoms with Gasteiger partial charge >= 0.3 is 12.0 Å². The number of nitrogens with one attached hydrogen (secondary N) is 2. The first kappa shape index (κ1) is 16.0. The summed E-state index contributed by atoms with van der Waals surface area (Å²) < 4.78 is 4.71. The minimum Gasteiger partial charge on any atom is -0.467 e. The Kier molecular flexibility index (Phi) is 6.03. The zero-order chi connectivity index (χ0) is 15.1. The summed E-state index contributed by atoms with van der Waals surface area (Å²) >= 11 is 0.